The van der Waals surface area contributed by atoms with Crippen LogP contribution in [0.25, 0.3) is 11.4 Å². The summed E-state index contributed by atoms with van der Waals surface area (Å²) in [6, 6.07) is 2.71. The van der Waals surface area contributed by atoms with Crippen molar-refractivity contribution < 1.29 is 21.9 Å². The van der Waals surface area contributed by atoms with Gasteiger partial charge in [0, 0.05) is 31.9 Å². The molecule has 1 saturated carbocycles. The minimum Gasteiger partial charge on any atom is -0.390 e. The molecule has 4 atom stereocenters. The second-order valence-corrected chi connectivity index (χ2v) is 11.9. The lowest BCUT2D eigenvalue weighted by molar-refractivity contribution is 0.186. The van der Waals surface area contributed by atoms with E-state index in [1.54, 1.807) is 0 Å². The van der Waals surface area contributed by atoms with Crippen LogP contribution in [0.3, 0.4) is 0 Å². The predicted octanol–water partition coefficient (Wildman–Crippen LogP) is -2.47. The lowest BCUT2D eigenvalue weighted by Crippen LogP contribution is -2.44. The van der Waals surface area contributed by atoms with Crippen molar-refractivity contribution in [1.29, 1.82) is 0 Å². The molecule has 2 aliphatic rings. The van der Waals surface area contributed by atoms with E-state index in [0.29, 0.717) is 43.1 Å². The number of H-pyrrole nitrogens is 1. The molecule has 2 heterocycles. The average molecular weight is 516 g/mol. The van der Waals surface area contributed by atoms with E-state index in [4.69, 9.17) is 16.6 Å². The monoisotopic (exact) mass is 515 g/mol. The van der Waals surface area contributed by atoms with Crippen LogP contribution in [0.1, 0.15) is 12.8 Å². The number of hydrogen-bond acceptors (Lipinski definition) is 11. The van der Waals surface area contributed by atoms with Gasteiger partial charge in [0.25, 0.3) is 0 Å². The van der Waals surface area contributed by atoms with Crippen LogP contribution in [0.4, 0.5) is 5.69 Å². The molecule has 1 saturated heterocycles. The average Bonchev–Trinajstić information content (AvgIpc) is 3.41. The molecule has 2 aromatic rings. The SMILES string of the molecule is NCC(O)CNS(=O)(=O)c1ccc(N2C[C@H]3CC[C@@H](C2)C3CN)c(-c2nn[nH]n2)c1S(N)(=O)=O. The highest BCUT2D eigenvalue weighted by molar-refractivity contribution is 7.92. The molecule has 2 bridgehead atoms. The number of primary sulfonamides is 1. The number of anilines is 1. The third-order valence-electron chi connectivity index (χ3n) is 6.67. The summed E-state index contributed by atoms with van der Waals surface area (Å²) in [6.07, 6.45) is 0.883. The van der Waals surface area contributed by atoms with E-state index in [0.717, 1.165) is 12.8 Å². The Labute approximate surface area is 197 Å². The number of benzene rings is 1. The molecule has 1 aromatic carbocycles. The lowest BCUT2D eigenvalue weighted by Gasteiger charge is -2.39. The van der Waals surface area contributed by atoms with Gasteiger partial charge in [-0.3, -0.25) is 0 Å². The molecule has 1 aliphatic carbocycles. The summed E-state index contributed by atoms with van der Waals surface area (Å²) in [6.45, 7) is 1.25. The number of rotatable bonds is 9. The molecule has 1 aromatic heterocycles. The highest BCUT2D eigenvalue weighted by Gasteiger charge is 2.42. The smallest absolute Gasteiger partial charge is 0.242 e. The van der Waals surface area contributed by atoms with Crippen molar-refractivity contribution in [3.63, 3.8) is 0 Å². The second kappa shape index (κ2) is 9.44. The fourth-order valence-corrected chi connectivity index (χ4v) is 7.75. The lowest BCUT2D eigenvalue weighted by atomic mass is 9.85. The van der Waals surface area contributed by atoms with E-state index < -0.39 is 42.5 Å². The van der Waals surface area contributed by atoms with E-state index in [9.17, 15) is 21.9 Å². The maximum absolute atomic E-state index is 13.1. The molecule has 2 fully saturated rings. The van der Waals surface area contributed by atoms with Crippen molar-refractivity contribution in [1.82, 2.24) is 25.3 Å². The number of nitrogens with two attached hydrogens (primary N) is 3. The largest absolute Gasteiger partial charge is 0.390 e. The molecule has 14 nitrogen and oxygen atoms in total. The van der Waals surface area contributed by atoms with Crippen molar-refractivity contribution in [2.75, 3.05) is 37.6 Å². The molecule has 0 radical (unpaired) electrons. The van der Waals surface area contributed by atoms with Crippen LogP contribution >= 0.6 is 0 Å². The maximum Gasteiger partial charge on any atom is 0.242 e. The van der Waals surface area contributed by atoms with Crippen LogP contribution in [0.5, 0.6) is 0 Å². The first-order chi connectivity index (χ1) is 16.1. The van der Waals surface area contributed by atoms with Crippen LogP contribution in [0, 0.1) is 17.8 Å². The molecule has 2 unspecified atom stereocenters. The Hall–Kier alpha value is -2.21. The fraction of sp³-hybridized carbons (Fsp3) is 0.611. The van der Waals surface area contributed by atoms with Crippen molar-refractivity contribution in [3.05, 3.63) is 12.1 Å². The topological polar surface area (TPSA) is 236 Å². The highest BCUT2D eigenvalue weighted by Crippen LogP contribution is 2.45. The van der Waals surface area contributed by atoms with E-state index in [1.807, 2.05) is 4.90 Å². The summed E-state index contributed by atoms with van der Waals surface area (Å²) in [5, 5.41) is 28.9. The van der Waals surface area contributed by atoms with Crippen molar-refractivity contribution in [2.45, 2.75) is 28.7 Å². The predicted molar refractivity (Wildman–Crippen MR) is 122 cm³/mol. The first-order valence-electron chi connectivity index (χ1n) is 10.8. The molecule has 1 aliphatic heterocycles. The van der Waals surface area contributed by atoms with E-state index in [-0.39, 0.29) is 17.9 Å². The number of fused-ring (bicyclic) bond motifs is 2. The van der Waals surface area contributed by atoms with Gasteiger partial charge in [0.2, 0.25) is 25.9 Å². The first kappa shape index (κ1) is 24.9. The summed E-state index contributed by atoms with van der Waals surface area (Å²) >= 11 is 0. The normalized spacial score (nSPS) is 23.9. The highest BCUT2D eigenvalue weighted by atomic mass is 32.2. The zero-order chi connectivity index (χ0) is 24.7. The van der Waals surface area contributed by atoms with Crippen LogP contribution in [0.15, 0.2) is 21.9 Å². The number of nitrogens with one attached hydrogen (secondary N) is 2. The number of aromatic amines is 1. The van der Waals surface area contributed by atoms with Gasteiger partial charge in [-0.05, 0) is 54.5 Å². The van der Waals surface area contributed by atoms with Crippen LogP contribution in [-0.4, -0.2) is 81.4 Å². The van der Waals surface area contributed by atoms with E-state index >= 15 is 0 Å². The number of tetrazole rings is 1. The zero-order valence-corrected chi connectivity index (χ0v) is 20.0. The molecule has 188 valence electrons. The number of hydrogen-bond donors (Lipinski definition) is 6. The molecular weight excluding hydrogens is 486 g/mol. The third kappa shape index (κ3) is 4.66. The third-order valence-corrected chi connectivity index (χ3v) is 9.25. The maximum atomic E-state index is 13.1. The standard InChI is InChI=1S/C18H29N9O5S2/c19-5-12(28)7-22-34(31,32)15-4-3-14(27-8-10-1-2-11(9-27)13(10)6-20)16(17(15)33(21,29)30)18-23-25-26-24-18/h3-4,10-13,22,28H,1-2,5-9,19-20H2,(H2,21,29,30)(H,23,24,25,26)/t10-,11+,12?,13?. The Bertz CT molecular complexity index is 1220. The Kier molecular flexibility index (Phi) is 6.92. The quantitative estimate of drug-likeness (QED) is 0.205. The van der Waals surface area contributed by atoms with Gasteiger partial charge < -0.3 is 21.5 Å². The zero-order valence-electron chi connectivity index (χ0n) is 18.3. The number of aromatic nitrogens is 4. The number of aliphatic hydroxyl groups is 1. The second-order valence-electron chi connectivity index (χ2n) is 8.71. The van der Waals surface area contributed by atoms with Gasteiger partial charge in [0.1, 0.15) is 9.79 Å². The summed E-state index contributed by atoms with van der Waals surface area (Å²) in [7, 11) is -8.99. The molecule has 0 amide bonds. The van der Waals surface area contributed by atoms with E-state index in [2.05, 4.69) is 25.3 Å². The van der Waals surface area contributed by atoms with Crippen LogP contribution in [0.2, 0.25) is 0 Å². The Morgan fingerprint density at radius 3 is 2.38 bits per heavy atom. The van der Waals surface area contributed by atoms with Gasteiger partial charge in [-0.15, -0.1) is 10.2 Å². The molecule has 9 N–H and O–H groups in total. The molecule has 4 rings (SSSR count). The first-order valence-corrected chi connectivity index (χ1v) is 13.9. The van der Waals surface area contributed by atoms with Gasteiger partial charge in [-0.2, -0.15) is 5.21 Å². The Morgan fingerprint density at radius 1 is 1.18 bits per heavy atom. The van der Waals surface area contributed by atoms with Gasteiger partial charge >= 0.3 is 0 Å². The summed E-state index contributed by atoms with van der Waals surface area (Å²) in [5.74, 6) is 0.956. The van der Waals surface area contributed by atoms with Crippen LogP contribution < -0.4 is 26.2 Å². The van der Waals surface area contributed by atoms with Gasteiger partial charge in [-0.25, -0.2) is 26.7 Å². The Morgan fingerprint density at radius 2 is 1.85 bits per heavy atom. The van der Waals surface area contributed by atoms with Gasteiger partial charge in [0.15, 0.2) is 0 Å². The van der Waals surface area contributed by atoms with Gasteiger partial charge in [-0.1, -0.05) is 0 Å². The summed E-state index contributed by atoms with van der Waals surface area (Å²) < 4.78 is 53.8. The minimum atomic E-state index is -4.58. The number of piperidine rings is 1. The van der Waals surface area contributed by atoms with Crippen molar-refractivity contribution in [2.24, 2.45) is 34.4 Å². The summed E-state index contributed by atoms with van der Waals surface area (Å²) in [4.78, 5) is 0.786. The molecular formula is C18H29N9O5S2. The number of nitrogens with zero attached hydrogens (tertiary/aromatic N) is 4. The summed E-state index contributed by atoms with van der Waals surface area (Å²) in [5.41, 5.74) is 11.7. The minimum absolute atomic E-state index is 0.0518. The molecule has 16 heteroatoms. The molecule has 0 spiro atoms. The number of aliphatic hydroxyl groups excluding tert-OH is 1. The molecule has 34 heavy (non-hydrogen) atoms. The van der Waals surface area contributed by atoms with E-state index in [1.165, 1.54) is 12.1 Å². The van der Waals surface area contributed by atoms with Crippen LogP contribution in [-0.2, 0) is 20.0 Å². The Balaban J connectivity index is 1.87. The fourth-order valence-electron chi connectivity index (χ4n) is 5.08. The van der Waals surface area contributed by atoms with Gasteiger partial charge in [0.05, 0.1) is 11.7 Å². The van der Waals surface area contributed by atoms with Crippen molar-refractivity contribution in [3.8, 4) is 11.4 Å². The number of sulfonamides is 2. The van der Waals surface area contributed by atoms with Crippen molar-refractivity contribution >= 4 is 25.7 Å².